The number of hydrogen-bond donors (Lipinski definition) is 0. The van der Waals surface area contributed by atoms with Crippen LogP contribution in [0, 0.1) is 6.92 Å². The molecule has 0 N–H and O–H groups in total. The van der Waals surface area contributed by atoms with Gasteiger partial charge in [0.1, 0.15) is 10.8 Å². The van der Waals surface area contributed by atoms with Gasteiger partial charge in [-0.2, -0.15) is 0 Å². The molecule has 0 spiro atoms. The highest BCUT2D eigenvalue weighted by Gasteiger charge is 2.14. The van der Waals surface area contributed by atoms with E-state index in [1.807, 2.05) is 18.5 Å². The van der Waals surface area contributed by atoms with Crippen molar-refractivity contribution in [2.24, 2.45) is 0 Å². The number of hydrogen-bond acceptors (Lipinski definition) is 4. The molecule has 3 rings (SSSR count). The Morgan fingerprint density at radius 2 is 2.06 bits per heavy atom. The molecule has 1 aliphatic rings. The number of nitrogens with zero attached hydrogens (tertiary/aromatic N) is 3. The summed E-state index contributed by atoms with van der Waals surface area (Å²) in [4.78, 5) is 12.5. The van der Waals surface area contributed by atoms with Gasteiger partial charge in [0.15, 0.2) is 0 Å². The highest BCUT2D eigenvalue weighted by molar-refractivity contribution is 7.14. The minimum Gasteiger partial charge on any atom is -0.357 e. The zero-order valence-corrected chi connectivity index (χ0v) is 10.7. The van der Waals surface area contributed by atoms with Gasteiger partial charge in [-0.15, -0.1) is 11.3 Å². The average molecular weight is 245 g/mol. The molecule has 0 aliphatic carbocycles. The maximum Gasteiger partial charge on any atom is 0.129 e. The van der Waals surface area contributed by atoms with Crippen LogP contribution in [0.15, 0.2) is 24.5 Å². The molecule has 0 aromatic carbocycles. The highest BCUT2D eigenvalue weighted by atomic mass is 32.1. The predicted molar refractivity (Wildman–Crippen MR) is 71.5 cm³/mol. The summed E-state index contributed by atoms with van der Waals surface area (Å²) >= 11 is 1.73. The fourth-order valence-corrected chi connectivity index (χ4v) is 2.92. The SMILES string of the molecule is Cc1cnc(-c2ccnc(N3CCCC3)c2)s1. The summed E-state index contributed by atoms with van der Waals surface area (Å²) in [6, 6.07) is 4.20. The lowest BCUT2D eigenvalue weighted by molar-refractivity contribution is 0.938. The van der Waals surface area contributed by atoms with Crippen molar-refractivity contribution >= 4 is 17.2 Å². The lowest BCUT2D eigenvalue weighted by atomic mass is 10.2. The number of aromatic nitrogens is 2. The van der Waals surface area contributed by atoms with Gasteiger partial charge in [0, 0.05) is 35.9 Å². The maximum absolute atomic E-state index is 4.46. The van der Waals surface area contributed by atoms with E-state index in [1.54, 1.807) is 11.3 Å². The van der Waals surface area contributed by atoms with E-state index in [2.05, 4.69) is 27.9 Å². The number of rotatable bonds is 2. The lowest BCUT2D eigenvalue weighted by Crippen LogP contribution is -2.18. The van der Waals surface area contributed by atoms with E-state index in [4.69, 9.17) is 0 Å². The minimum absolute atomic E-state index is 1.09. The van der Waals surface area contributed by atoms with Crippen LogP contribution in [0.5, 0.6) is 0 Å². The van der Waals surface area contributed by atoms with Crippen molar-refractivity contribution in [3.05, 3.63) is 29.4 Å². The van der Waals surface area contributed by atoms with Gasteiger partial charge < -0.3 is 4.90 Å². The maximum atomic E-state index is 4.46. The second kappa shape index (κ2) is 4.45. The highest BCUT2D eigenvalue weighted by Crippen LogP contribution is 2.27. The van der Waals surface area contributed by atoms with Crippen molar-refractivity contribution < 1.29 is 0 Å². The van der Waals surface area contributed by atoms with Gasteiger partial charge in [-0.3, -0.25) is 0 Å². The molecule has 0 bridgehead atoms. The van der Waals surface area contributed by atoms with E-state index in [9.17, 15) is 0 Å². The topological polar surface area (TPSA) is 29.0 Å². The van der Waals surface area contributed by atoms with Crippen LogP contribution in [-0.4, -0.2) is 23.1 Å². The zero-order valence-electron chi connectivity index (χ0n) is 9.89. The molecular formula is C13H15N3S. The van der Waals surface area contributed by atoms with Crippen molar-refractivity contribution in [2.75, 3.05) is 18.0 Å². The van der Waals surface area contributed by atoms with Crippen LogP contribution in [0.4, 0.5) is 5.82 Å². The first-order valence-electron chi connectivity index (χ1n) is 5.97. The van der Waals surface area contributed by atoms with Crippen LogP contribution >= 0.6 is 11.3 Å². The van der Waals surface area contributed by atoms with Crippen LogP contribution in [0.1, 0.15) is 17.7 Å². The molecular weight excluding hydrogens is 230 g/mol. The summed E-state index contributed by atoms with van der Waals surface area (Å²) in [5.74, 6) is 1.09. The van der Waals surface area contributed by atoms with Gasteiger partial charge in [0.25, 0.3) is 0 Å². The van der Waals surface area contributed by atoms with Crippen LogP contribution in [-0.2, 0) is 0 Å². The quantitative estimate of drug-likeness (QED) is 0.814. The summed E-state index contributed by atoms with van der Waals surface area (Å²) in [6.45, 7) is 4.35. The molecule has 4 heteroatoms. The Balaban J connectivity index is 1.93. The van der Waals surface area contributed by atoms with Gasteiger partial charge in [0.2, 0.25) is 0 Å². The molecule has 1 saturated heterocycles. The third kappa shape index (κ3) is 2.17. The van der Waals surface area contributed by atoms with E-state index >= 15 is 0 Å². The number of anilines is 1. The molecule has 3 heterocycles. The molecule has 2 aromatic heterocycles. The molecule has 3 nitrogen and oxygen atoms in total. The van der Waals surface area contributed by atoms with Crippen LogP contribution in [0.2, 0.25) is 0 Å². The Morgan fingerprint density at radius 3 is 2.76 bits per heavy atom. The fraction of sp³-hybridized carbons (Fsp3) is 0.385. The van der Waals surface area contributed by atoms with Gasteiger partial charge in [-0.25, -0.2) is 9.97 Å². The van der Waals surface area contributed by atoms with Crippen molar-refractivity contribution in [1.29, 1.82) is 0 Å². The first-order valence-corrected chi connectivity index (χ1v) is 6.78. The van der Waals surface area contributed by atoms with Gasteiger partial charge in [0.05, 0.1) is 0 Å². The van der Waals surface area contributed by atoms with Crippen LogP contribution in [0.3, 0.4) is 0 Å². The summed E-state index contributed by atoms with van der Waals surface area (Å²) in [6.07, 6.45) is 6.38. The Morgan fingerprint density at radius 1 is 1.24 bits per heavy atom. The minimum atomic E-state index is 1.09. The van der Waals surface area contributed by atoms with Crippen molar-refractivity contribution in [2.45, 2.75) is 19.8 Å². The van der Waals surface area contributed by atoms with Crippen LogP contribution in [0.25, 0.3) is 10.6 Å². The molecule has 1 aliphatic heterocycles. The van der Waals surface area contributed by atoms with E-state index < -0.39 is 0 Å². The third-order valence-electron chi connectivity index (χ3n) is 3.04. The molecule has 2 aromatic rings. The van der Waals surface area contributed by atoms with Crippen molar-refractivity contribution in [1.82, 2.24) is 9.97 Å². The number of pyridine rings is 1. The first kappa shape index (κ1) is 10.7. The Kier molecular flexibility index (Phi) is 2.81. The van der Waals surface area contributed by atoms with Gasteiger partial charge in [-0.1, -0.05) is 0 Å². The van der Waals surface area contributed by atoms with Gasteiger partial charge in [-0.05, 0) is 31.9 Å². The van der Waals surface area contributed by atoms with E-state index in [-0.39, 0.29) is 0 Å². The van der Waals surface area contributed by atoms with E-state index in [0.717, 1.165) is 23.9 Å². The summed E-state index contributed by atoms with van der Waals surface area (Å²) < 4.78 is 0. The van der Waals surface area contributed by atoms with Crippen molar-refractivity contribution in [3.63, 3.8) is 0 Å². The van der Waals surface area contributed by atoms with Crippen LogP contribution < -0.4 is 4.90 Å². The normalized spacial score (nSPS) is 15.5. The molecule has 0 radical (unpaired) electrons. The fourth-order valence-electron chi connectivity index (χ4n) is 2.16. The molecule has 0 saturated carbocycles. The largest absolute Gasteiger partial charge is 0.357 e. The average Bonchev–Trinajstić information content (AvgIpc) is 3.00. The molecule has 1 fully saturated rings. The third-order valence-corrected chi connectivity index (χ3v) is 4.01. The monoisotopic (exact) mass is 245 g/mol. The second-order valence-corrected chi connectivity index (χ2v) is 5.61. The second-order valence-electron chi connectivity index (χ2n) is 4.37. The summed E-state index contributed by atoms with van der Waals surface area (Å²) in [5.41, 5.74) is 1.18. The summed E-state index contributed by atoms with van der Waals surface area (Å²) in [7, 11) is 0. The zero-order chi connectivity index (χ0) is 11.7. The molecule has 0 amide bonds. The van der Waals surface area contributed by atoms with Gasteiger partial charge >= 0.3 is 0 Å². The predicted octanol–water partition coefficient (Wildman–Crippen LogP) is 3.11. The standard InChI is InChI=1S/C13H15N3S/c1-10-9-15-13(17-10)11-4-5-14-12(8-11)16-6-2-3-7-16/h4-5,8-9H,2-3,6-7H2,1H3. The number of aryl methyl sites for hydroxylation is 1. The van der Waals surface area contributed by atoms with Crippen molar-refractivity contribution in [3.8, 4) is 10.6 Å². The molecule has 0 unspecified atom stereocenters. The van der Waals surface area contributed by atoms with E-state index in [0.29, 0.717) is 0 Å². The van der Waals surface area contributed by atoms with E-state index in [1.165, 1.54) is 23.3 Å². The first-order chi connectivity index (χ1) is 8.33. The smallest absolute Gasteiger partial charge is 0.129 e. The molecule has 0 atom stereocenters. The Hall–Kier alpha value is -1.42. The molecule has 88 valence electrons. The Labute approximate surface area is 105 Å². The Bertz CT molecular complexity index is 515. The molecule has 17 heavy (non-hydrogen) atoms. The summed E-state index contributed by atoms with van der Waals surface area (Å²) in [5, 5.41) is 1.09. The lowest BCUT2D eigenvalue weighted by Gasteiger charge is -2.16. The number of thiazole rings is 1.